The fourth-order valence-electron chi connectivity index (χ4n) is 1.10. The topological polar surface area (TPSA) is 105 Å². The van der Waals surface area contributed by atoms with Gasteiger partial charge in [-0.15, -0.1) is 5.10 Å². The number of nitro groups is 1. The number of para-hydroxylation sites is 1. The minimum Gasteiger partial charge on any atom is -0.284 e. The molecule has 2 N–H and O–H groups in total. The number of aromatic nitrogens is 3. The van der Waals surface area contributed by atoms with E-state index in [-0.39, 0.29) is 5.69 Å². The van der Waals surface area contributed by atoms with E-state index in [1.165, 1.54) is 6.07 Å². The van der Waals surface area contributed by atoms with Crippen LogP contribution in [0.4, 0.5) is 5.69 Å². The molecule has 0 aliphatic heterocycles. The highest BCUT2D eigenvalue weighted by atomic mass is 32.2. The van der Waals surface area contributed by atoms with E-state index in [4.69, 9.17) is 0 Å². The summed E-state index contributed by atoms with van der Waals surface area (Å²) in [6, 6.07) is 6.25. The van der Waals surface area contributed by atoms with E-state index in [9.17, 15) is 14.9 Å². The molecule has 0 saturated carbocycles. The molecule has 0 unspecified atom stereocenters. The van der Waals surface area contributed by atoms with Crippen molar-refractivity contribution in [3.05, 3.63) is 44.9 Å². The standard InChI is InChI=1S/C8H6N4O3S/c13-7-9-8(11-10-7)16-6-4-2-1-3-5(6)12(14)15/h1-4H,(H2,9,10,11,13). The lowest BCUT2D eigenvalue weighted by Gasteiger charge is -1.98. The SMILES string of the molecule is O=c1[nH]nc(Sc2ccccc2[N+](=O)[O-])[nH]1. The molecule has 8 heteroatoms. The highest BCUT2D eigenvalue weighted by Crippen LogP contribution is 2.31. The molecule has 0 atom stereocenters. The molecule has 0 saturated heterocycles. The molecule has 0 fully saturated rings. The van der Waals surface area contributed by atoms with Gasteiger partial charge < -0.3 is 0 Å². The molecule has 0 radical (unpaired) electrons. The Morgan fingerprint density at radius 3 is 2.75 bits per heavy atom. The second kappa shape index (κ2) is 4.19. The van der Waals surface area contributed by atoms with E-state index in [0.29, 0.717) is 10.1 Å². The summed E-state index contributed by atoms with van der Waals surface area (Å²) in [5.41, 5.74) is -0.461. The third-order valence-electron chi connectivity index (χ3n) is 1.75. The number of aromatic amines is 2. The van der Waals surface area contributed by atoms with E-state index in [1.54, 1.807) is 18.2 Å². The van der Waals surface area contributed by atoms with Crippen molar-refractivity contribution >= 4 is 17.4 Å². The molecule has 2 aromatic rings. The van der Waals surface area contributed by atoms with Crippen molar-refractivity contribution in [2.75, 3.05) is 0 Å². The van der Waals surface area contributed by atoms with Crippen LogP contribution in [0.25, 0.3) is 0 Å². The number of hydrogen-bond acceptors (Lipinski definition) is 5. The number of nitrogens with zero attached hydrogens (tertiary/aromatic N) is 2. The lowest BCUT2D eigenvalue weighted by molar-refractivity contribution is -0.387. The molecular weight excluding hydrogens is 232 g/mol. The lowest BCUT2D eigenvalue weighted by atomic mass is 10.3. The molecule has 2 rings (SSSR count). The molecule has 0 aliphatic rings. The van der Waals surface area contributed by atoms with Gasteiger partial charge in [0.15, 0.2) is 5.16 Å². The Morgan fingerprint density at radius 2 is 2.12 bits per heavy atom. The molecule has 0 bridgehead atoms. The van der Waals surface area contributed by atoms with Gasteiger partial charge in [-0.3, -0.25) is 15.1 Å². The predicted molar refractivity (Wildman–Crippen MR) is 56.4 cm³/mol. The van der Waals surface area contributed by atoms with Gasteiger partial charge in [0.25, 0.3) is 5.69 Å². The zero-order chi connectivity index (χ0) is 11.5. The Morgan fingerprint density at radius 1 is 1.38 bits per heavy atom. The Balaban J connectivity index is 2.34. The molecule has 0 aliphatic carbocycles. The summed E-state index contributed by atoms with van der Waals surface area (Å²) in [7, 11) is 0. The van der Waals surface area contributed by atoms with Crippen molar-refractivity contribution in [3.63, 3.8) is 0 Å². The van der Waals surface area contributed by atoms with Crippen LogP contribution in [0.2, 0.25) is 0 Å². The van der Waals surface area contributed by atoms with E-state index in [2.05, 4.69) is 15.2 Å². The summed E-state index contributed by atoms with van der Waals surface area (Å²) in [6.07, 6.45) is 0. The van der Waals surface area contributed by atoms with Gasteiger partial charge in [0.2, 0.25) is 0 Å². The number of nitrogens with one attached hydrogen (secondary N) is 2. The number of H-pyrrole nitrogens is 2. The van der Waals surface area contributed by atoms with Crippen LogP contribution >= 0.6 is 11.8 Å². The molecular formula is C8H6N4O3S. The van der Waals surface area contributed by atoms with E-state index in [1.807, 2.05) is 0 Å². The highest BCUT2D eigenvalue weighted by Gasteiger charge is 2.14. The van der Waals surface area contributed by atoms with Gasteiger partial charge in [0.1, 0.15) is 0 Å². The Kier molecular flexibility index (Phi) is 2.73. The predicted octanol–water partition coefficient (Wildman–Crippen LogP) is 1.16. The van der Waals surface area contributed by atoms with Gasteiger partial charge in [0, 0.05) is 6.07 Å². The maximum Gasteiger partial charge on any atom is 0.341 e. The van der Waals surface area contributed by atoms with Gasteiger partial charge >= 0.3 is 5.69 Å². The van der Waals surface area contributed by atoms with Gasteiger partial charge in [0.05, 0.1) is 9.82 Å². The maximum atomic E-state index is 10.8. The zero-order valence-corrected chi connectivity index (χ0v) is 8.65. The summed E-state index contributed by atoms with van der Waals surface area (Å²) in [5, 5.41) is 16.8. The first-order chi connectivity index (χ1) is 7.66. The Bertz CT molecular complexity index is 576. The average Bonchev–Trinajstić information content (AvgIpc) is 2.64. The quantitative estimate of drug-likeness (QED) is 0.616. The fraction of sp³-hybridized carbons (Fsp3) is 0. The second-order valence-corrected chi connectivity index (χ2v) is 3.84. The van der Waals surface area contributed by atoms with Gasteiger partial charge in [-0.25, -0.2) is 9.89 Å². The van der Waals surface area contributed by atoms with Crippen molar-refractivity contribution in [2.24, 2.45) is 0 Å². The largest absolute Gasteiger partial charge is 0.341 e. The highest BCUT2D eigenvalue weighted by molar-refractivity contribution is 7.99. The monoisotopic (exact) mass is 238 g/mol. The van der Waals surface area contributed by atoms with Gasteiger partial charge in [-0.05, 0) is 17.8 Å². The third kappa shape index (κ3) is 2.11. The number of rotatable bonds is 3. The minimum atomic E-state index is -0.479. The normalized spacial score (nSPS) is 10.2. The van der Waals surface area contributed by atoms with Crippen LogP contribution in [-0.2, 0) is 0 Å². The average molecular weight is 238 g/mol. The Labute approximate surface area is 93.0 Å². The summed E-state index contributed by atoms with van der Waals surface area (Å²) < 4.78 is 0. The zero-order valence-electron chi connectivity index (χ0n) is 7.84. The van der Waals surface area contributed by atoms with E-state index >= 15 is 0 Å². The summed E-state index contributed by atoms with van der Waals surface area (Å²) in [5.74, 6) is 0. The fourth-order valence-corrected chi connectivity index (χ4v) is 1.94. The van der Waals surface area contributed by atoms with Crippen LogP contribution < -0.4 is 5.69 Å². The van der Waals surface area contributed by atoms with Crippen LogP contribution in [0.3, 0.4) is 0 Å². The summed E-state index contributed by atoms with van der Waals surface area (Å²) >= 11 is 1.02. The lowest BCUT2D eigenvalue weighted by Crippen LogP contribution is -2.00. The van der Waals surface area contributed by atoms with Crippen molar-refractivity contribution < 1.29 is 4.92 Å². The van der Waals surface area contributed by atoms with Crippen LogP contribution in [0, 0.1) is 10.1 Å². The third-order valence-corrected chi connectivity index (χ3v) is 2.70. The van der Waals surface area contributed by atoms with E-state index < -0.39 is 10.6 Å². The van der Waals surface area contributed by atoms with Crippen molar-refractivity contribution in [2.45, 2.75) is 10.1 Å². The maximum absolute atomic E-state index is 10.8. The van der Waals surface area contributed by atoms with Crippen LogP contribution in [0.1, 0.15) is 0 Å². The molecule has 82 valence electrons. The van der Waals surface area contributed by atoms with Crippen molar-refractivity contribution in [1.29, 1.82) is 0 Å². The molecule has 0 spiro atoms. The molecule has 16 heavy (non-hydrogen) atoms. The molecule has 0 amide bonds. The van der Waals surface area contributed by atoms with Gasteiger partial charge in [-0.2, -0.15) is 0 Å². The summed E-state index contributed by atoms with van der Waals surface area (Å²) in [6.45, 7) is 0. The molecule has 7 nitrogen and oxygen atoms in total. The second-order valence-electron chi connectivity index (χ2n) is 2.81. The molecule has 1 aromatic carbocycles. The first-order valence-electron chi connectivity index (χ1n) is 4.23. The number of hydrogen-bond donors (Lipinski definition) is 2. The summed E-state index contributed by atoms with van der Waals surface area (Å²) in [4.78, 5) is 23.8. The molecule has 1 aromatic heterocycles. The van der Waals surface area contributed by atoms with Crippen LogP contribution in [0.5, 0.6) is 0 Å². The molecule has 1 heterocycles. The van der Waals surface area contributed by atoms with Gasteiger partial charge in [-0.1, -0.05) is 12.1 Å². The van der Waals surface area contributed by atoms with E-state index in [0.717, 1.165) is 11.8 Å². The first kappa shape index (κ1) is 10.4. The van der Waals surface area contributed by atoms with Crippen LogP contribution in [0.15, 0.2) is 39.1 Å². The smallest absolute Gasteiger partial charge is 0.284 e. The Hall–Kier alpha value is -2.09. The first-order valence-corrected chi connectivity index (χ1v) is 5.04. The van der Waals surface area contributed by atoms with Crippen LogP contribution in [-0.4, -0.2) is 20.1 Å². The minimum absolute atomic E-state index is 0.0173. The number of nitro benzene ring substituents is 1. The number of benzene rings is 1. The van der Waals surface area contributed by atoms with Crippen molar-refractivity contribution in [3.8, 4) is 0 Å². The van der Waals surface area contributed by atoms with Crippen molar-refractivity contribution in [1.82, 2.24) is 15.2 Å².